The van der Waals surface area contributed by atoms with Gasteiger partial charge in [0.2, 0.25) is 5.91 Å². The fourth-order valence-electron chi connectivity index (χ4n) is 2.06. The van der Waals surface area contributed by atoms with Crippen LogP contribution >= 0.6 is 0 Å². The van der Waals surface area contributed by atoms with Gasteiger partial charge in [0.25, 0.3) is 5.91 Å². The predicted molar refractivity (Wildman–Crippen MR) is 80.3 cm³/mol. The molecule has 1 fully saturated rings. The van der Waals surface area contributed by atoms with Crippen LogP contribution in [0, 0.1) is 11.6 Å². The van der Waals surface area contributed by atoms with Gasteiger partial charge in [0.1, 0.15) is 11.6 Å². The van der Waals surface area contributed by atoms with Gasteiger partial charge >= 0.3 is 12.0 Å². The maximum atomic E-state index is 13.4. The summed E-state index contributed by atoms with van der Waals surface area (Å²) in [5, 5.41) is 4.42. The molecule has 1 aromatic rings. The molecule has 134 valence electrons. The molecule has 0 bridgehead atoms. The van der Waals surface area contributed by atoms with Gasteiger partial charge in [-0.2, -0.15) is 0 Å². The van der Waals surface area contributed by atoms with E-state index in [-0.39, 0.29) is 37.5 Å². The maximum Gasteiger partial charge on any atom is 0.324 e. The average Bonchev–Trinajstić information content (AvgIpc) is 2.88. The first-order valence-electron chi connectivity index (χ1n) is 7.35. The molecule has 0 atom stereocenters. The second-order valence-corrected chi connectivity index (χ2v) is 5.14. The van der Waals surface area contributed by atoms with Gasteiger partial charge in [0, 0.05) is 19.0 Å². The molecular formula is C15H15F2N3O5. The monoisotopic (exact) mass is 355 g/mol. The molecular weight excluding hydrogens is 340 g/mol. The maximum absolute atomic E-state index is 13.4. The van der Waals surface area contributed by atoms with Gasteiger partial charge in [0.15, 0.2) is 6.61 Å². The number of nitrogens with one attached hydrogen (secondary N) is 2. The van der Waals surface area contributed by atoms with Crippen LogP contribution in [0.5, 0.6) is 0 Å². The zero-order valence-electron chi connectivity index (χ0n) is 13.0. The van der Waals surface area contributed by atoms with Crippen molar-refractivity contribution < 1.29 is 32.7 Å². The molecule has 1 saturated heterocycles. The van der Waals surface area contributed by atoms with Gasteiger partial charge in [-0.15, -0.1) is 0 Å². The van der Waals surface area contributed by atoms with Crippen molar-refractivity contribution in [3.8, 4) is 0 Å². The van der Waals surface area contributed by atoms with Crippen LogP contribution < -0.4 is 10.6 Å². The third-order valence-corrected chi connectivity index (χ3v) is 3.27. The number of imide groups is 1. The van der Waals surface area contributed by atoms with Crippen LogP contribution in [0.3, 0.4) is 0 Å². The Morgan fingerprint density at radius 3 is 2.72 bits per heavy atom. The summed E-state index contributed by atoms with van der Waals surface area (Å²) in [5.41, 5.74) is -0.361. The number of carbonyl (C=O) groups excluding carboxylic acids is 4. The molecule has 1 heterocycles. The second-order valence-electron chi connectivity index (χ2n) is 5.14. The van der Waals surface area contributed by atoms with E-state index in [1.54, 1.807) is 0 Å². The summed E-state index contributed by atoms with van der Waals surface area (Å²) < 4.78 is 31.0. The quantitative estimate of drug-likeness (QED) is 0.555. The van der Waals surface area contributed by atoms with Crippen molar-refractivity contribution in [2.45, 2.75) is 12.8 Å². The third-order valence-electron chi connectivity index (χ3n) is 3.27. The summed E-state index contributed by atoms with van der Waals surface area (Å²) in [6.07, 6.45) is 0.0663. The summed E-state index contributed by atoms with van der Waals surface area (Å²) >= 11 is 0. The number of ether oxygens (including phenoxy) is 1. The van der Waals surface area contributed by atoms with Crippen LogP contribution in [0.15, 0.2) is 18.2 Å². The van der Waals surface area contributed by atoms with Gasteiger partial charge in [-0.3, -0.25) is 19.3 Å². The normalized spacial score (nSPS) is 13.6. The van der Waals surface area contributed by atoms with Crippen molar-refractivity contribution in [1.82, 2.24) is 10.2 Å². The molecule has 2 rings (SSSR count). The molecule has 10 heteroatoms. The topological polar surface area (TPSA) is 105 Å². The van der Waals surface area contributed by atoms with E-state index in [4.69, 9.17) is 4.74 Å². The van der Waals surface area contributed by atoms with E-state index < -0.39 is 36.1 Å². The number of carbonyl (C=O) groups is 4. The Balaban J connectivity index is 1.69. The van der Waals surface area contributed by atoms with E-state index in [1.807, 2.05) is 0 Å². The van der Waals surface area contributed by atoms with Crippen molar-refractivity contribution >= 4 is 29.5 Å². The lowest BCUT2D eigenvalue weighted by Crippen LogP contribution is -2.32. The van der Waals surface area contributed by atoms with Gasteiger partial charge in [-0.05, 0) is 18.6 Å². The van der Waals surface area contributed by atoms with Crippen molar-refractivity contribution in [3.63, 3.8) is 0 Å². The molecule has 8 nitrogen and oxygen atoms in total. The fourth-order valence-corrected chi connectivity index (χ4v) is 2.06. The van der Waals surface area contributed by atoms with E-state index in [0.717, 1.165) is 23.1 Å². The SMILES string of the molecule is O=C(COC(=O)CCCN1C(=O)CNC1=O)Nc1cc(F)ccc1F. The minimum absolute atomic E-state index is 0.0560. The second kappa shape index (κ2) is 8.18. The number of benzene rings is 1. The highest BCUT2D eigenvalue weighted by molar-refractivity contribution is 6.01. The predicted octanol–water partition coefficient (Wildman–Crippen LogP) is 0.778. The Morgan fingerprint density at radius 1 is 1.28 bits per heavy atom. The van der Waals surface area contributed by atoms with Crippen molar-refractivity contribution in [2.75, 3.05) is 25.0 Å². The number of anilines is 1. The molecule has 1 aliphatic rings. The molecule has 2 N–H and O–H groups in total. The van der Waals surface area contributed by atoms with Crippen molar-refractivity contribution in [3.05, 3.63) is 29.8 Å². The van der Waals surface area contributed by atoms with Gasteiger partial charge in [0.05, 0.1) is 12.2 Å². The van der Waals surface area contributed by atoms with Crippen LogP contribution in [0.1, 0.15) is 12.8 Å². The lowest BCUT2D eigenvalue weighted by molar-refractivity contribution is -0.147. The summed E-state index contributed by atoms with van der Waals surface area (Å²) in [5.74, 6) is -3.48. The molecule has 0 saturated carbocycles. The Kier molecular flexibility index (Phi) is 5.98. The summed E-state index contributed by atoms with van der Waals surface area (Å²) in [7, 11) is 0. The van der Waals surface area contributed by atoms with Crippen LogP contribution in [0.2, 0.25) is 0 Å². The number of esters is 1. The highest BCUT2D eigenvalue weighted by Gasteiger charge is 2.27. The molecule has 1 aromatic carbocycles. The third kappa shape index (κ3) is 5.23. The fraction of sp³-hybridized carbons (Fsp3) is 0.333. The molecule has 0 unspecified atom stereocenters. The summed E-state index contributed by atoms with van der Waals surface area (Å²) in [6.45, 7) is -0.682. The number of amides is 4. The lowest BCUT2D eigenvalue weighted by atomic mass is 10.3. The lowest BCUT2D eigenvalue weighted by Gasteiger charge is -2.11. The van der Waals surface area contributed by atoms with E-state index >= 15 is 0 Å². The Hall–Kier alpha value is -3.04. The minimum atomic E-state index is -0.827. The van der Waals surface area contributed by atoms with E-state index in [2.05, 4.69) is 10.6 Å². The smallest absolute Gasteiger partial charge is 0.324 e. The number of hydrogen-bond acceptors (Lipinski definition) is 5. The Bertz CT molecular complexity index is 694. The average molecular weight is 355 g/mol. The Morgan fingerprint density at radius 2 is 2.04 bits per heavy atom. The summed E-state index contributed by atoms with van der Waals surface area (Å²) in [6, 6.07) is 2.03. The highest BCUT2D eigenvalue weighted by atomic mass is 19.1. The van der Waals surface area contributed by atoms with E-state index in [1.165, 1.54) is 0 Å². The molecule has 0 aromatic heterocycles. The first kappa shape index (κ1) is 18.3. The number of hydrogen-bond donors (Lipinski definition) is 2. The zero-order valence-corrected chi connectivity index (χ0v) is 13.0. The van der Waals surface area contributed by atoms with Crippen molar-refractivity contribution in [2.24, 2.45) is 0 Å². The number of halogens is 2. The molecule has 25 heavy (non-hydrogen) atoms. The van der Waals surface area contributed by atoms with E-state index in [0.29, 0.717) is 0 Å². The van der Waals surface area contributed by atoms with Crippen LogP contribution in [-0.2, 0) is 19.1 Å². The Labute approximate surface area is 141 Å². The molecule has 4 amide bonds. The van der Waals surface area contributed by atoms with Crippen molar-refractivity contribution in [1.29, 1.82) is 0 Å². The number of urea groups is 1. The van der Waals surface area contributed by atoms with E-state index in [9.17, 15) is 28.0 Å². The number of rotatable bonds is 7. The number of nitrogens with zero attached hydrogens (tertiary/aromatic N) is 1. The first-order chi connectivity index (χ1) is 11.9. The molecule has 1 aliphatic heterocycles. The molecule has 0 spiro atoms. The summed E-state index contributed by atoms with van der Waals surface area (Å²) in [4.78, 5) is 46.6. The zero-order chi connectivity index (χ0) is 18.4. The molecule has 0 radical (unpaired) electrons. The minimum Gasteiger partial charge on any atom is -0.456 e. The largest absolute Gasteiger partial charge is 0.456 e. The first-order valence-corrected chi connectivity index (χ1v) is 7.35. The molecule has 0 aliphatic carbocycles. The van der Waals surface area contributed by atoms with Gasteiger partial charge in [-0.1, -0.05) is 0 Å². The van der Waals surface area contributed by atoms with Crippen LogP contribution in [0.4, 0.5) is 19.3 Å². The standard InChI is InChI=1S/C15H15F2N3O5/c16-9-3-4-10(17)11(6-9)19-12(21)8-25-14(23)2-1-5-20-13(22)7-18-15(20)24/h3-4,6H,1-2,5,7-8H2,(H,18,24)(H,19,21). The van der Waals surface area contributed by atoms with Crippen LogP contribution in [-0.4, -0.2) is 48.4 Å². The van der Waals surface area contributed by atoms with Gasteiger partial charge in [-0.25, -0.2) is 13.6 Å². The van der Waals surface area contributed by atoms with Crippen LogP contribution in [0.25, 0.3) is 0 Å². The highest BCUT2D eigenvalue weighted by Crippen LogP contribution is 2.15. The van der Waals surface area contributed by atoms with Gasteiger partial charge < -0.3 is 15.4 Å².